The number of nitrogens with one attached hydrogen (secondary N) is 1. The van der Waals surface area contributed by atoms with Gasteiger partial charge in [0.25, 0.3) is 0 Å². The zero-order chi connectivity index (χ0) is 11.0. The summed E-state index contributed by atoms with van der Waals surface area (Å²) in [7, 11) is 0. The zero-order valence-corrected chi connectivity index (χ0v) is 8.28. The van der Waals surface area contributed by atoms with Gasteiger partial charge in [0.05, 0.1) is 19.6 Å². The van der Waals surface area contributed by atoms with Crippen molar-refractivity contribution >= 4 is 0 Å². The van der Waals surface area contributed by atoms with Crippen LogP contribution in [0.15, 0.2) is 12.2 Å². The average Bonchev–Trinajstić information content (AvgIpc) is 2.07. The minimum Gasteiger partial charge on any atom is -0.377 e. The number of hydrogen-bond donors (Lipinski definition) is 1. The molecule has 14 heavy (non-hydrogen) atoms. The monoisotopic (exact) mass is 211 g/mol. The van der Waals surface area contributed by atoms with E-state index in [2.05, 4.69) is 11.9 Å². The van der Waals surface area contributed by atoms with Crippen LogP contribution in [0.3, 0.4) is 0 Å². The van der Waals surface area contributed by atoms with Crippen molar-refractivity contribution in [3.8, 4) is 0 Å². The molecule has 0 aromatic carbocycles. The SMILES string of the molecule is C=C(CNCC)COCCC(F)(F)F. The van der Waals surface area contributed by atoms with E-state index < -0.39 is 12.6 Å². The van der Waals surface area contributed by atoms with Gasteiger partial charge in [-0.05, 0) is 12.1 Å². The van der Waals surface area contributed by atoms with E-state index in [4.69, 9.17) is 4.74 Å². The number of hydrogen-bond acceptors (Lipinski definition) is 2. The van der Waals surface area contributed by atoms with E-state index in [9.17, 15) is 13.2 Å². The number of rotatable bonds is 7. The zero-order valence-electron chi connectivity index (χ0n) is 8.28. The van der Waals surface area contributed by atoms with Crippen LogP contribution in [-0.4, -0.2) is 32.5 Å². The number of halogens is 3. The van der Waals surface area contributed by atoms with Crippen LogP contribution >= 0.6 is 0 Å². The van der Waals surface area contributed by atoms with Crippen molar-refractivity contribution in [2.75, 3.05) is 26.3 Å². The molecule has 5 heteroatoms. The first-order valence-electron chi connectivity index (χ1n) is 4.47. The number of likely N-dealkylation sites (N-methyl/N-ethyl adjacent to an activating group) is 1. The summed E-state index contributed by atoms with van der Waals surface area (Å²) in [6.45, 7) is 6.88. The Balaban J connectivity index is 3.32. The van der Waals surface area contributed by atoms with Crippen molar-refractivity contribution in [2.45, 2.75) is 19.5 Å². The van der Waals surface area contributed by atoms with Crippen molar-refractivity contribution in [1.29, 1.82) is 0 Å². The minimum absolute atomic E-state index is 0.184. The highest BCUT2D eigenvalue weighted by Gasteiger charge is 2.26. The standard InChI is InChI=1S/C9H16F3NO/c1-3-13-6-8(2)7-14-5-4-9(10,11)12/h13H,2-7H2,1H3. The van der Waals surface area contributed by atoms with E-state index in [0.29, 0.717) is 6.54 Å². The van der Waals surface area contributed by atoms with Crippen LogP contribution in [0, 0.1) is 0 Å². The predicted octanol–water partition coefficient (Wildman–Crippen LogP) is 2.12. The molecule has 0 aromatic rings. The van der Waals surface area contributed by atoms with Gasteiger partial charge in [-0.25, -0.2) is 0 Å². The minimum atomic E-state index is -4.14. The molecule has 0 aliphatic carbocycles. The molecule has 0 bridgehead atoms. The van der Waals surface area contributed by atoms with Crippen LogP contribution in [-0.2, 0) is 4.74 Å². The second-order valence-corrected chi connectivity index (χ2v) is 2.95. The quantitative estimate of drug-likeness (QED) is 0.514. The summed E-state index contributed by atoms with van der Waals surface area (Å²) in [5.74, 6) is 0. The first-order chi connectivity index (χ1) is 6.45. The van der Waals surface area contributed by atoms with E-state index in [-0.39, 0.29) is 13.2 Å². The number of alkyl halides is 3. The van der Waals surface area contributed by atoms with Gasteiger partial charge in [0, 0.05) is 6.54 Å². The fourth-order valence-corrected chi connectivity index (χ4v) is 0.757. The smallest absolute Gasteiger partial charge is 0.377 e. The third-order valence-corrected chi connectivity index (χ3v) is 1.46. The van der Waals surface area contributed by atoms with Crippen LogP contribution < -0.4 is 5.32 Å². The highest BCUT2D eigenvalue weighted by atomic mass is 19.4. The molecule has 0 saturated heterocycles. The molecule has 0 radical (unpaired) electrons. The Morgan fingerprint density at radius 1 is 1.43 bits per heavy atom. The second kappa shape index (κ2) is 6.84. The Hall–Kier alpha value is -0.550. The highest BCUT2D eigenvalue weighted by Crippen LogP contribution is 2.18. The Kier molecular flexibility index (Phi) is 6.57. The molecule has 0 amide bonds. The lowest BCUT2D eigenvalue weighted by atomic mass is 10.3. The fraction of sp³-hybridized carbons (Fsp3) is 0.778. The van der Waals surface area contributed by atoms with Crippen molar-refractivity contribution in [2.24, 2.45) is 0 Å². The highest BCUT2D eigenvalue weighted by molar-refractivity contribution is 4.96. The van der Waals surface area contributed by atoms with Crippen LogP contribution in [0.5, 0.6) is 0 Å². The third-order valence-electron chi connectivity index (χ3n) is 1.46. The lowest BCUT2D eigenvalue weighted by Gasteiger charge is -2.09. The molecule has 0 spiro atoms. The van der Waals surface area contributed by atoms with Gasteiger partial charge in [0.1, 0.15) is 0 Å². The maximum Gasteiger partial charge on any atom is 0.391 e. The van der Waals surface area contributed by atoms with Crippen molar-refractivity contribution in [3.05, 3.63) is 12.2 Å². The Labute approximate surface area is 82.1 Å². The molecule has 1 N–H and O–H groups in total. The molecule has 0 aliphatic rings. The largest absolute Gasteiger partial charge is 0.391 e. The average molecular weight is 211 g/mol. The lowest BCUT2D eigenvalue weighted by molar-refractivity contribution is -0.144. The van der Waals surface area contributed by atoms with Gasteiger partial charge in [0.15, 0.2) is 0 Å². The van der Waals surface area contributed by atoms with Gasteiger partial charge in [-0.1, -0.05) is 13.5 Å². The van der Waals surface area contributed by atoms with Crippen LogP contribution in [0.4, 0.5) is 13.2 Å². The first-order valence-corrected chi connectivity index (χ1v) is 4.47. The molecule has 0 saturated carbocycles. The first kappa shape index (κ1) is 13.4. The topological polar surface area (TPSA) is 21.3 Å². The molecule has 84 valence electrons. The Morgan fingerprint density at radius 2 is 2.07 bits per heavy atom. The van der Waals surface area contributed by atoms with E-state index in [1.54, 1.807) is 0 Å². The summed E-state index contributed by atoms with van der Waals surface area (Å²) in [6, 6.07) is 0. The van der Waals surface area contributed by atoms with Gasteiger partial charge in [-0.3, -0.25) is 0 Å². The predicted molar refractivity (Wildman–Crippen MR) is 49.2 cm³/mol. The number of ether oxygens (including phenoxy) is 1. The molecule has 0 rings (SSSR count). The van der Waals surface area contributed by atoms with Gasteiger partial charge in [-0.15, -0.1) is 0 Å². The van der Waals surface area contributed by atoms with Gasteiger partial charge < -0.3 is 10.1 Å². The Morgan fingerprint density at radius 3 is 2.57 bits per heavy atom. The molecule has 0 atom stereocenters. The van der Waals surface area contributed by atoms with Crippen molar-refractivity contribution in [3.63, 3.8) is 0 Å². The van der Waals surface area contributed by atoms with E-state index in [1.807, 2.05) is 6.92 Å². The van der Waals surface area contributed by atoms with Crippen molar-refractivity contribution < 1.29 is 17.9 Å². The summed E-state index contributed by atoms with van der Waals surface area (Å²) in [5.41, 5.74) is 0.758. The van der Waals surface area contributed by atoms with Crippen molar-refractivity contribution in [1.82, 2.24) is 5.32 Å². The Bertz CT molecular complexity index is 168. The van der Waals surface area contributed by atoms with E-state index in [1.165, 1.54) is 0 Å². The van der Waals surface area contributed by atoms with Crippen LogP contribution in [0.25, 0.3) is 0 Å². The lowest BCUT2D eigenvalue weighted by Crippen LogP contribution is -2.19. The van der Waals surface area contributed by atoms with E-state index >= 15 is 0 Å². The molecule has 2 nitrogen and oxygen atoms in total. The molecule has 0 aromatic heterocycles. The summed E-state index contributed by atoms with van der Waals surface area (Å²) < 4.78 is 39.8. The van der Waals surface area contributed by atoms with Crippen LogP contribution in [0.1, 0.15) is 13.3 Å². The molecular weight excluding hydrogens is 195 g/mol. The third kappa shape index (κ3) is 9.54. The van der Waals surface area contributed by atoms with Gasteiger partial charge in [0.2, 0.25) is 0 Å². The fourth-order valence-electron chi connectivity index (χ4n) is 0.757. The molecule has 0 heterocycles. The molecule has 0 unspecified atom stereocenters. The summed E-state index contributed by atoms with van der Waals surface area (Å²) in [4.78, 5) is 0. The summed E-state index contributed by atoms with van der Waals surface area (Å²) in [6.07, 6.45) is -5.04. The summed E-state index contributed by atoms with van der Waals surface area (Å²) >= 11 is 0. The van der Waals surface area contributed by atoms with Crippen LogP contribution in [0.2, 0.25) is 0 Å². The molecule has 0 fully saturated rings. The summed E-state index contributed by atoms with van der Waals surface area (Å²) in [5, 5.41) is 3.00. The second-order valence-electron chi connectivity index (χ2n) is 2.95. The molecule has 0 aliphatic heterocycles. The van der Waals surface area contributed by atoms with Gasteiger partial charge >= 0.3 is 6.18 Å². The maximum absolute atomic E-state index is 11.7. The normalized spacial score (nSPS) is 11.7. The maximum atomic E-state index is 11.7. The van der Waals surface area contributed by atoms with E-state index in [0.717, 1.165) is 12.1 Å². The molecular formula is C9H16F3NO. The van der Waals surface area contributed by atoms with Gasteiger partial charge in [-0.2, -0.15) is 13.2 Å².